The molecule has 1 atom stereocenters. The highest BCUT2D eigenvalue weighted by molar-refractivity contribution is 5.85. The van der Waals surface area contributed by atoms with Crippen LogP contribution in [0.3, 0.4) is 0 Å². The molecule has 0 aliphatic carbocycles. The number of halogens is 3. The van der Waals surface area contributed by atoms with Gasteiger partial charge in [-0.1, -0.05) is 6.07 Å². The predicted octanol–water partition coefficient (Wildman–Crippen LogP) is 2.42. The first-order chi connectivity index (χ1) is 5.79. The number of hydrogen-bond donors (Lipinski definition) is 1. The molecule has 13 heavy (non-hydrogen) atoms. The highest BCUT2D eigenvalue weighted by Gasteiger charge is 2.24. The average molecular weight is 206 g/mol. The Labute approximate surface area is 81.6 Å². The lowest BCUT2D eigenvalue weighted by molar-refractivity contribution is 0.356. The molecule has 1 aliphatic heterocycles. The quantitative estimate of drug-likeness (QED) is 0.743. The van der Waals surface area contributed by atoms with E-state index in [1.54, 1.807) is 0 Å². The van der Waals surface area contributed by atoms with Gasteiger partial charge in [-0.25, -0.2) is 8.78 Å². The van der Waals surface area contributed by atoms with E-state index in [1.807, 2.05) is 0 Å². The Kier molecular flexibility index (Phi) is 3.22. The van der Waals surface area contributed by atoms with Gasteiger partial charge in [-0.3, -0.25) is 0 Å². The number of benzene rings is 1. The fraction of sp³-hybridized carbons (Fsp3) is 0.333. The molecule has 0 spiro atoms. The van der Waals surface area contributed by atoms with Gasteiger partial charge in [0, 0.05) is 11.6 Å². The van der Waals surface area contributed by atoms with Crippen LogP contribution in [0.5, 0.6) is 0 Å². The van der Waals surface area contributed by atoms with E-state index in [-0.39, 0.29) is 24.0 Å². The summed E-state index contributed by atoms with van der Waals surface area (Å²) in [6.45, 7) is 0.846. The fourth-order valence-corrected chi connectivity index (χ4v) is 1.38. The number of rotatable bonds is 1. The lowest BCUT2D eigenvalue weighted by Crippen LogP contribution is -2.36. The molecule has 0 radical (unpaired) electrons. The minimum absolute atomic E-state index is 0. The molecule has 0 amide bonds. The van der Waals surface area contributed by atoms with Gasteiger partial charge in [-0.05, 0) is 25.1 Å². The first-order valence-electron chi connectivity index (χ1n) is 3.96. The van der Waals surface area contributed by atoms with Crippen LogP contribution in [0.1, 0.15) is 18.0 Å². The summed E-state index contributed by atoms with van der Waals surface area (Å²) in [5, 5.41) is 2.96. The SMILES string of the molecule is Cl.Fc1cccc(F)c1[C@@H]1CCN1. The van der Waals surface area contributed by atoms with Crippen molar-refractivity contribution in [2.24, 2.45) is 0 Å². The molecule has 1 aliphatic rings. The van der Waals surface area contributed by atoms with Crippen LogP contribution in [0.2, 0.25) is 0 Å². The van der Waals surface area contributed by atoms with Crippen LogP contribution < -0.4 is 5.32 Å². The van der Waals surface area contributed by atoms with Crippen LogP contribution in [-0.4, -0.2) is 6.54 Å². The highest BCUT2D eigenvalue weighted by Crippen LogP contribution is 2.27. The van der Waals surface area contributed by atoms with Crippen molar-refractivity contribution in [1.82, 2.24) is 5.32 Å². The van der Waals surface area contributed by atoms with Crippen molar-refractivity contribution in [3.63, 3.8) is 0 Å². The van der Waals surface area contributed by atoms with Gasteiger partial charge >= 0.3 is 0 Å². The predicted molar refractivity (Wildman–Crippen MR) is 49.0 cm³/mol. The molecule has 72 valence electrons. The van der Waals surface area contributed by atoms with Crippen LogP contribution in [0.15, 0.2) is 18.2 Å². The first kappa shape index (κ1) is 10.4. The molecule has 1 aromatic rings. The molecule has 0 unspecified atom stereocenters. The van der Waals surface area contributed by atoms with Crippen LogP contribution in [0.25, 0.3) is 0 Å². The van der Waals surface area contributed by atoms with E-state index in [0.717, 1.165) is 13.0 Å². The van der Waals surface area contributed by atoms with E-state index in [2.05, 4.69) is 5.32 Å². The Morgan fingerprint density at radius 2 is 1.77 bits per heavy atom. The van der Waals surface area contributed by atoms with Crippen molar-refractivity contribution in [2.75, 3.05) is 6.54 Å². The van der Waals surface area contributed by atoms with Crippen molar-refractivity contribution >= 4 is 12.4 Å². The molecule has 0 aromatic heterocycles. The van der Waals surface area contributed by atoms with Crippen molar-refractivity contribution in [3.05, 3.63) is 35.4 Å². The topological polar surface area (TPSA) is 12.0 Å². The van der Waals surface area contributed by atoms with Crippen LogP contribution in [0.4, 0.5) is 8.78 Å². The molecular weight excluding hydrogens is 196 g/mol. The zero-order chi connectivity index (χ0) is 8.55. The third kappa shape index (κ3) is 1.81. The Bertz CT molecular complexity index is 279. The van der Waals surface area contributed by atoms with E-state index in [9.17, 15) is 8.78 Å². The van der Waals surface area contributed by atoms with Crippen molar-refractivity contribution in [3.8, 4) is 0 Å². The summed E-state index contributed by atoms with van der Waals surface area (Å²) < 4.78 is 26.1. The Balaban J connectivity index is 0.000000845. The number of hydrogen-bond acceptors (Lipinski definition) is 1. The largest absolute Gasteiger partial charge is 0.310 e. The molecular formula is C9H10ClF2N. The van der Waals surface area contributed by atoms with E-state index in [1.165, 1.54) is 18.2 Å². The molecule has 1 aromatic carbocycles. The zero-order valence-electron chi connectivity index (χ0n) is 6.89. The minimum atomic E-state index is -0.452. The minimum Gasteiger partial charge on any atom is -0.310 e. The van der Waals surface area contributed by atoms with Gasteiger partial charge in [0.1, 0.15) is 11.6 Å². The Hall–Kier alpha value is -0.670. The molecule has 0 bridgehead atoms. The van der Waals surface area contributed by atoms with E-state index >= 15 is 0 Å². The lowest BCUT2D eigenvalue weighted by Gasteiger charge is -2.28. The van der Waals surface area contributed by atoms with Crippen molar-refractivity contribution < 1.29 is 8.78 Å². The second kappa shape index (κ2) is 4.03. The number of nitrogens with one attached hydrogen (secondary N) is 1. The zero-order valence-corrected chi connectivity index (χ0v) is 7.70. The lowest BCUT2D eigenvalue weighted by atomic mass is 9.97. The maximum Gasteiger partial charge on any atom is 0.130 e. The van der Waals surface area contributed by atoms with E-state index in [4.69, 9.17) is 0 Å². The maximum absolute atomic E-state index is 13.0. The molecule has 0 saturated carbocycles. The molecule has 1 nitrogen and oxygen atoms in total. The van der Waals surface area contributed by atoms with Crippen LogP contribution in [0, 0.1) is 11.6 Å². The van der Waals surface area contributed by atoms with Crippen molar-refractivity contribution in [1.29, 1.82) is 0 Å². The smallest absolute Gasteiger partial charge is 0.130 e. The Morgan fingerprint density at radius 3 is 2.15 bits per heavy atom. The third-order valence-corrected chi connectivity index (χ3v) is 2.17. The summed E-state index contributed by atoms with van der Waals surface area (Å²) in [5.41, 5.74) is 0.184. The summed E-state index contributed by atoms with van der Waals surface area (Å²) in [7, 11) is 0. The Morgan fingerprint density at radius 1 is 1.23 bits per heavy atom. The molecule has 1 N–H and O–H groups in total. The molecule has 1 heterocycles. The van der Waals surface area contributed by atoms with Gasteiger partial charge in [0.25, 0.3) is 0 Å². The molecule has 1 fully saturated rings. The maximum atomic E-state index is 13.0. The van der Waals surface area contributed by atoms with Crippen LogP contribution >= 0.6 is 12.4 Å². The molecule has 1 saturated heterocycles. The van der Waals surface area contributed by atoms with Gasteiger partial charge in [-0.2, -0.15) is 0 Å². The monoisotopic (exact) mass is 205 g/mol. The van der Waals surface area contributed by atoms with Gasteiger partial charge in [0.15, 0.2) is 0 Å². The van der Waals surface area contributed by atoms with Gasteiger partial charge in [-0.15, -0.1) is 12.4 Å². The third-order valence-electron chi connectivity index (χ3n) is 2.17. The standard InChI is InChI=1S/C9H9F2N.ClH/c10-6-2-1-3-7(11)9(6)8-4-5-12-8;/h1-3,8,12H,4-5H2;1H/t8-;/m0./s1. The van der Waals surface area contributed by atoms with Crippen LogP contribution in [-0.2, 0) is 0 Å². The summed E-state index contributed by atoms with van der Waals surface area (Å²) >= 11 is 0. The second-order valence-electron chi connectivity index (χ2n) is 2.93. The molecule has 4 heteroatoms. The summed E-state index contributed by atoms with van der Waals surface area (Å²) in [5.74, 6) is -0.903. The van der Waals surface area contributed by atoms with Gasteiger partial charge in [0.05, 0.1) is 0 Å². The van der Waals surface area contributed by atoms with Crippen molar-refractivity contribution in [2.45, 2.75) is 12.5 Å². The summed E-state index contributed by atoms with van der Waals surface area (Å²) in [6.07, 6.45) is 0.817. The molecule has 2 rings (SSSR count). The summed E-state index contributed by atoms with van der Waals surface area (Å²) in [6, 6.07) is 3.84. The first-order valence-corrected chi connectivity index (χ1v) is 3.96. The fourth-order valence-electron chi connectivity index (χ4n) is 1.38. The average Bonchev–Trinajstić information content (AvgIpc) is 1.93. The van der Waals surface area contributed by atoms with E-state index in [0.29, 0.717) is 0 Å². The highest BCUT2D eigenvalue weighted by atomic mass is 35.5. The normalized spacial score (nSPS) is 20.3. The van der Waals surface area contributed by atoms with E-state index < -0.39 is 11.6 Å². The second-order valence-corrected chi connectivity index (χ2v) is 2.93. The van der Waals surface area contributed by atoms with Gasteiger partial charge in [0.2, 0.25) is 0 Å². The van der Waals surface area contributed by atoms with Gasteiger partial charge < -0.3 is 5.32 Å². The summed E-state index contributed by atoms with van der Waals surface area (Å²) in [4.78, 5) is 0.